The molecule has 0 radical (unpaired) electrons. The second-order valence-electron chi connectivity index (χ2n) is 6.10. The van der Waals surface area contributed by atoms with Gasteiger partial charge in [-0.3, -0.25) is 9.59 Å². The van der Waals surface area contributed by atoms with E-state index in [9.17, 15) is 22.8 Å². The Labute approximate surface area is 159 Å². The van der Waals surface area contributed by atoms with Gasteiger partial charge >= 0.3 is 0 Å². The van der Waals surface area contributed by atoms with E-state index in [1.807, 2.05) is 13.0 Å². The highest BCUT2D eigenvalue weighted by Gasteiger charge is 2.22. The van der Waals surface area contributed by atoms with Crippen LogP contribution in [0.15, 0.2) is 24.3 Å². The van der Waals surface area contributed by atoms with E-state index in [2.05, 4.69) is 5.32 Å². The van der Waals surface area contributed by atoms with Crippen molar-refractivity contribution in [3.8, 4) is 0 Å². The number of rotatable bonds is 5. The zero-order chi connectivity index (χ0) is 20.3. The van der Waals surface area contributed by atoms with Gasteiger partial charge in [0.25, 0.3) is 0 Å². The molecule has 0 unspecified atom stereocenters. The fourth-order valence-corrected chi connectivity index (χ4v) is 3.03. The van der Waals surface area contributed by atoms with Crippen LogP contribution in [0, 0.1) is 31.3 Å². The lowest BCUT2D eigenvalue weighted by atomic mass is 10.1. The second kappa shape index (κ2) is 8.43. The lowest BCUT2D eigenvalue weighted by molar-refractivity contribution is -0.117. The molecule has 0 saturated carbocycles. The summed E-state index contributed by atoms with van der Waals surface area (Å²) in [4.78, 5) is 24.9. The first-order valence-corrected chi connectivity index (χ1v) is 8.47. The van der Waals surface area contributed by atoms with Crippen molar-refractivity contribution in [3.63, 3.8) is 0 Å². The van der Waals surface area contributed by atoms with Gasteiger partial charge in [-0.2, -0.15) is 0 Å². The van der Waals surface area contributed by atoms with Crippen LogP contribution in [0.5, 0.6) is 0 Å². The standard InChI is InChI=1S/C19H18ClF3N2O2/c1-10-8-11(2)19(13(20)9-10)24-16(27)6-7-25(12(3)26)15-5-4-14(21)17(22)18(15)23/h4-5,8-9H,6-7H2,1-3H3,(H,24,27). The zero-order valence-corrected chi connectivity index (χ0v) is 15.8. The van der Waals surface area contributed by atoms with Crippen molar-refractivity contribution in [1.29, 1.82) is 0 Å². The fraction of sp³-hybridized carbons (Fsp3) is 0.263. The molecule has 2 aromatic rings. The highest BCUT2D eigenvalue weighted by Crippen LogP contribution is 2.28. The van der Waals surface area contributed by atoms with E-state index < -0.39 is 35.0 Å². The number of anilines is 2. The van der Waals surface area contributed by atoms with Gasteiger partial charge in [0, 0.05) is 19.9 Å². The van der Waals surface area contributed by atoms with Crippen LogP contribution in [0.3, 0.4) is 0 Å². The monoisotopic (exact) mass is 398 g/mol. The minimum absolute atomic E-state index is 0.193. The highest BCUT2D eigenvalue weighted by molar-refractivity contribution is 6.34. The first kappa shape index (κ1) is 20.8. The number of nitrogens with one attached hydrogen (secondary N) is 1. The molecule has 0 aliphatic carbocycles. The lowest BCUT2D eigenvalue weighted by Crippen LogP contribution is -2.33. The summed E-state index contributed by atoms with van der Waals surface area (Å²) in [7, 11) is 0. The van der Waals surface area contributed by atoms with E-state index in [0.717, 1.165) is 35.1 Å². The Morgan fingerprint density at radius 1 is 1.11 bits per heavy atom. The zero-order valence-electron chi connectivity index (χ0n) is 15.0. The number of nitrogens with zero attached hydrogens (tertiary/aromatic N) is 1. The molecule has 2 rings (SSSR count). The summed E-state index contributed by atoms with van der Waals surface area (Å²) in [6.45, 7) is 4.57. The average molecular weight is 399 g/mol. The van der Waals surface area contributed by atoms with E-state index in [0.29, 0.717) is 10.7 Å². The van der Waals surface area contributed by atoms with Gasteiger partial charge in [-0.05, 0) is 43.2 Å². The number of carbonyl (C=O) groups is 2. The van der Waals surface area contributed by atoms with Gasteiger partial charge in [0.1, 0.15) is 0 Å². The molecule has 0 fully saturated rings. The van der Waals surface area contributed by atoms with Crippen LogP contribution in [0.25, 0.3) is 0 Å². The smallest absolute Gasteiger partial charge is 0.226 e. The molecule has 27 heavy (non-hydrogen) atoms. The predicted molar refractivity (Wildman–Crippen MR) is 98.5 cm³/mol. The molecule has 8 heteroatoms. The minimum atomic E-state index is -1.68. The van der Waals surface area contributed by atoms with E-state index in [1.165, 1.54) is 0 Å². The summed E-state index contributed by atoms with van der Waals surface area (Å²) < 4.78 is 40.5. The molecule has 144 valence electrons. The lowest BCUT2D eigenvalue weighted by Gasteiger charge is -2.22. The van der Waals surface area contributed by atoms with Crippen LogP contribution in [-0.4, -0.2) is 18.4 Å². The van der Waals surface area contributed by atoms with Crippen LogP contribution < -0.4 is 10.2 Å². The van der Waals surface area contributed by atoms with Gasteiger partial charge in [0.15, 0.2) is 17.5 Å². The minimum Gasteiger partial charge on any atom is -0.324 e. The van der Waals surface area contributed by atoms with E-state index in [-0.39, 0.29) is 13.0 Å². The first-order valence-electron chi connectivity index (χ1n) is 8.10. The molecule has 0 aliphatic rings. The Morgan fingerprint density at radius 3 is 2.37 bits per heavy atom. The quantitative estimate of drug-likeness (QED) is 0.738. The van der Waals surface area contributed by atoms with Crippen LogP contribution in [0.2, 0.25) is 5.02 Å². The van der Waals surface area contributed by atoms with Gasteiger partial charge < -0.3 is 10.2 Å². The Bertz CT molecular complexity index is 880. The van der Waals surface area contributed by atoms with Gasteiger partial charge in [-0.15, -0.1) is 0 Å². The summed E-state index contributed by atoms with van der Waals surface area (Å²) in [5.74, 6) is -5.59. The molecule has 0 aliphatic heterocycles. The molecule has 4 nitrogen and oxygen atoms in total. The SMILES string of the molecule is CC(=O)N(CCC(=O)Nc1c(C)cc(C)cc1Cl)c1ccc(F)c(F)c1F. The number of hydrogen-bond acceptors (Lipinski definition) is 2. The predicted octanol–water partition coefficient (Wildman–Crippen LogP) is 4.76. The second-order valence-corrected chi connectivity index (χ2v) is 6.51. The third kappa shape index (κ3) is 4.80. The molecule has 0 aromatic heterocycles. The van der Waals surface area contributed by atoms with Crippen molar-refractivity contribution < 1.29 is 22.8 Å². The number of hydrogen-bond donors (Lipinski definition) is 1. The number of aryl methyl sites for hydroxylation is 2. The van der Waals surface area contributed by atoms with Crippen molar-refractivity contribution in [1.82, 2.24) is 0 Å². The van der Waals surface area contributed by atoms with Gasteiger partial charge in [0.2, 0.25) is 11.8 Å². The van der Waals surface area contributed by atoms with Crippen LogP contribution in [0.1, 0.15) is 24.5 Å². The number of amides is 2. The van der Waals surface area contributed by atoms with E-state index in [4.69, 9.17) is 11.6 Å². The van der Waals surface area contributed by atoms with Crippen molar-refractivity contribution in [2.24, 2.45) is 0 Å². The normalized spacial score (nSPS) is 10.6. The van der Waals surface area contributed by atoms with Crippen LogP contribution in [-0.2, 0) is 9.59 Å². The van der Waals surface area contributed by atoms with Crippen molar-refractivity contribution in [2.45, 2.75) is 27.2 Å². The highest BCUT2D eigenvalue weighted by atomic mass is 35.5. The summed E-state index contributed by atoms with van der Waals surface area (Å²) in [5.41, 5.74) is 1.72. The Balaban J connectivity index is 2.14. The Hall–Kier alpha value is -2.54. The summed E-state index contributed by atoms with van der Waals surface area (Å²) >= 11 is 6.13. The summed E-state index contributed by atoms with van der Waals surface area (Å²) in [5, 5.41) is 3.02. The van der Waals surface area contributed by atoms with Crippen molar-refractivity contribution in [2.75, 3.05) is 16.8 Å². The number of benzene rings is 2. The largest absolute Gasteiger partial charge is 0.324 e. The first-order chi connectivity index (χ1) is 12.6. The maximum absolute atomic E-state index is 14.0. The summed E-state index contributed by atoms with van der Waals surface area (Å²) in [6, 6.07) is 5.22. The van der Waals surface area contributed by atoms with E-state index >= 15 is 0 Å². The van der Waals surface area contributed by atoms with Crippen LogP contribution >= 0.6 is 11.6 Å². The van der Waals surface area contributed by atoms with Gasteiger partial charge in [-0.1, -0.05) is 17.7 Å². The average Bonchev–Trinajstić information content (AvgIpc) is 2.57. The fourth-order valence-electron chi connectivity index (χ4n) is 2.66. The summed E-state index contributed by atoms with van der Waals surface area (Å²) in [6.07, 6.45) is -0.193. The molecule has 1 N–H and O–H groups in total. The van der Waals surface area contributed by atoms with Crippen LogP contribution in [0.4, 0.5) is 24.5 Å². The van der Waals surface area contributed by atoms with Crippen molar-refractivity contribution in [3.05, 3.63) is 57.9 Å². The molecular weight excluding hydrogens is 381 g/mol. The molecule has 2 aromatic carbocycles. The number of carbonyl (C=O) groups excluding carboxylic acids is 2. The van der Waals surface area contributed by atoms with Gasteiger partial charge in [0.05, 0.1) is 16.4 Å². The van der Waals surface area contributed by atoms with E-state index in [1.54, 1.807) is 13.0 Å². The molecule has 0 saturated heterocycles. The number of halogens is 4. The maximum atomic E-state index is 14.0. The Morgan fingerprint density at radius 2 is 1.78 bits per heavy atom. The van der Waals surface area contributed by atoms with Gasteiger partial charge in [-0.25, -0.2) is 13.2 Å². The topological polar surface area (TPSA) is 49.4 Å². The maximum Gasteiger partial charge on any atom is 0.226 e. The molecule has 0 bridgehead atoms. The Kier molecular flexibility index (Phi) is 6.49. The molecular formula is C19H18ClF3N2O2. The molecule has 0 heterocycles. The molecule has 0 spiro atoms. The third-order valence-electron chi connectivity index (χ3n) is 3.94. The van der Waals surface area contributed by atoms with Crippen molar-refractivity contribution >= 4 is 34.8 Å². The molecule has 0 atom stereocenters. The molecule has 2 amide bonds. The third-order valence-corrected chi connectivity index (χ3v) is 4.24.